The molecule has 2 aromatic heterocycles. The van der Waals surface area contributed by atoms with E-state index in [4.69, 9.17) is 0 Å². The molecule has 0 aliphatic carbocycles. The number of fused-ring (bicyclic) bond motifs is 3. The molecule has 74 valence electrons. The SMILES string of the molecule is C=CCn1nnc2ccc3sccc3c21. The lowest BCUT2D eigenvalue weighted by Crippen LogP contribution is -1.96. The molecule has 0 N–H and O–H groups in total. The van der Waals surface area contributed by atoms with Gasteiger partial charge in [0.1, 0.15) is 5.52 Å². The smallest absolute Gasteiger partial charge is 0.113 e. The molecular weight excluding hydrogens is 206 g/mol. The topological polar surface area (TPSA) is 30.7 Å². The number of allylic oxidation sites excluding steroid dienone is 1. The van der Waals surface area contributed by atoms with Crippen LogP contribution in [0.3, 0.4) is 0 Å². The fraction of sp³-hybridized carbons (Fsp3) is 0.0909. The second kappa shape index (κ2) is 3.17. The molecular formula is C11H9N3S. The van der Waals surface area contributed by atoms with E-state index in [2.05, 4.69) is 34.4 Å². The van der Waals surface area contributed by atoms with Crippen molar-refractivity contribution in [3.05, 3.63) is 36.2 Å². The number of nitrogens with zero attached hydrogens (tertiary/aromatic N) is 3. The molecule has 3 nitrogen and oxygen atoms in total. The molecule has 0 saturated heterocycles. The zero-order chi connectivity index (χ0) is 10.3. The third kappa shape index (κ3) is 1.18. The van der Waals surface area contributed by atoms with Crippen molar-refractivity contribution in [1.29, 1.82) is 0 Å². The van der Waals surface area contributed by atoms with Crippen molar-refractivity contribution >= 4 is 32.5 Å². The second-order valence-corrected chi connectivity index (χ2v) is 4.27. The molecule has 0 aliphatic heterocycles. The van der Waals surface area contributed by atoms with Gasteiger partial charge >= 0.3 is 0 Å². The van der Waals surface area contributed by atoms with Gasteiger partial charge in [0.25, 0.3) is 0 Å². The maximum Gasteiger partial charge on any atom is 0.113 e. The maximum atomic E-state index is 4.14. The van der Waals surface area contributed by atoms with Gasteiger partial charge in [-0.25, -0.2) is 4.68 Å². The van der Waals surface area contributed by atoms with Crippen molar-refractivity contribution in [2.75, 3.05) is 0 Å². The first-order valence-electron chi connectivity index (χ1n) is 4.70. The van der Waals surface area contributed by atoms with Gasteiger partial charge in [-0.1, -0.05) is 11.3 Å². The molecule has 2 heterocycles. The van der Waals surface area contributed by atoms with E-state index in [1.165, 1.54) is 10.1 Å². The Kier molecular flexibility index (Phi) is 1.82. The molecule has 0 spiro atoms. The molecule has 3 aromatic rings. The van der Waals surface area contributed by atoms with Crippen molar-refractivity contribution in [3.63, 3.8) is 0 Å². The monoisotopic (exact) mass is 215 g/mol. The first-order chi connectivity index (χ1) is 7.40. The van der Waals surface area contributed by atoms with E-state index in [0.717, 1.165) is 11.0 Å². The van der Waals surface area contributed by atoms with Crippen LogP contribution in [0.25, 0.3) is 21.1 Å². The van der Waals surface area contributed by atoms with E-state index in [1.807, 2.05) is 16.8 Å². The van der Waals surface area contributed by atoms with Crippen molar-refractivity contribution in [3.8, 4) is 0 Å². The summed E-state index contributed by atoms with van der Waals surface area (Å²) in [6, 6.07) is 6.22. The van der Waals surface area contributed by atoms with Crippen molar-refractivity contribution in [2.24, 2.45) is 0 Å². The number of thiophene rings is 1. The lowest BCUT2D eigenvalue weighted by Gasteiger charge is -1.97. The minimum Gasteiger partial charge on any atom is -0.240 e. The highest BCUT2D eigenvalue weighted by Crippen LogP contribution is 2.27. The van der Waals surface area contributed by atoms with Crippen LogP contribution < -0.4 is 0 Å². The molecule has 0 atom stereocenters. The van der Waals surface area contributed by atoms with Crippen LogP contribution in [0.4, 0.5) is 0 Å². The highest BCUT2D eigenvalue weighted by atomic mass is 32.1. The summed E-state index contributed by atoms with van der Waals surface area (Å²) in [5.74, 6) is 0. The van der Waals surface area contributed by atoms with E-state index < -0.39 is 0 Å². The Labute approximate surface area is 90.6 Å². The maximum absolute atomic E-state index is 4.14. The molecule has 0 radical (unpaired) electrons. The van der Waals surface area contributed by atoms with Crippen LogP contribution in [-0.4, -0.2) is 15.0 Å². The highest BCUT2D eigenvalue weighted by molar-refractivity contribution is 7.17. The first kappa shape index (κ1) is 8.61. The Morgan fingerprint density at radius 1 is 1.40 bits per heavy atom. The van der Waals surface area contributed by atoms with E-state index >= 15 is 0 Å². The van der Waals surface area contributed by atoms with Crippen molar-refractivity contribution in [2.45, 2.75) is 6.54 Å². The second-order valence-electron chi connectivity index (χ2n) is 3.33. The minimum absolute atomic E-state index is 0.700. The predicted molar refractivity (Wildman–Crippen MR) is 63.1 cm³/mol. The highest BCUT2D eigenvalue weighted by Gasteiger charge is 2.07. The zero-order valence-electron chi connectivity index (χ0n) is 8.05. The van der Waals surface area contributed by atoms with Crippen LogP contribution in [0.1, 0.15) is 0 Å². The Bertz CT molecular complexity index is 635. The van der Waals surface area contributed by atoms with Gasteiger partial charge in [-0.15, -0.1) is 23.0 Å². The van der Waals surface area contributed by atoms with Gasteiger partial charge < -0.3 is 0 Å². The first-order valence-corrected chi connectivity index (χ1v) is 5.58. The van der Waals surface area contributed by atoms with Gasteiger partial charge in [-0.3, -0.25) is 0 Å². The number of benzene rings is 1. The zero-order valence-corrected chi connectivity index (χ0v) is 8.87. The number of aromatic nitrogens is 3. The Morgan fingerprint density at radius 2 is 2.33 bits per heavy atom. The summed E-state index contributed by atoms with van der Waals surface area (Å²) in [7, 11) is 0. The lowest BCUT2D eigenvalue weighted by molar-refractivity contribution is 0.684. The van der Waals surface area contributed by atoms with Crippen LogP contribution in [0.2, 0.25) is 0 Å². The number of rotatable bonds is 2. The minimum atomic E-state index is 0.700. The van der Waals surface area contributed by atoms with Gasteiger partial charge in [0.2, 0.25) is 0 Å². The molecule has 4 heteroatoms. The predicted octanol–water partition coefficient (Wildman–Crippen LogP) is 2.83. The van der Waals surface area contributed by atoms with Gasteiger partial charge in [-0.05, 0) is 23.6 Å². The van der Waals surface area contributed by atoms with E-state index in [9.17, 15) is 0 Å². The molecule has 15 heavy (non-hydrogen) atoms. The normalized spacial score (nSPS) is 11.2. The molecule has 0 fully saturated rings. The van der Waals surface area contributed by atoms with Crippen LogP contribution >= 0.6 is 11.3 Å². The molecule has 0 bridgehead atoms. The van der Waals surface area contributed by atoms with Crippen LogP contribution in [0, 0.1) is 0 Å². The molecule has 3 rings (SSSR count). The average molecular weight is 215 g/mol. The van der Waals surface area contributed by atoms with Crippen LogP contribution in [-0.2, 0) is 6.54 Å². The summed E-state index contributed by atoms with van der Waals surface area (Å²) in [4.78, 5) is 0. The van der Waals surface area contributed by atoms with Gasteiger partial charge in [-0.2, -0.15) is 0 Å². The van der Waals surface area contributed by atoms with Crippen molar-refractivity contribution < 1.29 is 0 Å². The molecule has 0 unspecified atom stereocenters. The lowest BCUT2D eigenvalue weighted by atomic mass is 10.2. The van der Waals surface area contributed by atoms with Crippen molar-refractivity contribution in [1.82, 2.24) is 15.0 Å². The molecule has 0 saturated carbocycles. The summed E-state index contributed by atoms with van der Waals surface area (Å²) in [5, 5.41) is 11.6. The summed E-state index contributed by atoms with van der Waals surface area (Å²) >= 11 is 1.74. The summed E-state index contributed by atoms with van der Waals surface area (Å²) in [5.41, 5.74) is 2.05. The Morgan fingerprint density at radius 3 is 3.20 bits per heavy atom. The summed E-state index contributed by atoms with van der Waals surface area (Å²) in [6.45, 7) is 4.42. The Balaban J connectivity index is 2.46. The summed E-state index contributed by atoms with van der Waals surface area (Å²) < 4.78 is 3.16. The fourth-order valence-corrected chi connectivity index (χ4v) is 2.56. The van der Waals surface area contributed by atoms with Gasteiger partial charge in [0.05, 0.1) is 12.1 Å². The molecule has 0 amide bonds. The van der Waals surface area contributed by atoms with Gasteiger partial charge in [0.15, 0.2) is 0 Å². The number of hydrogen-bond acceptors (Lipinski definition) is 3. The quantitative estimate of drug-likeness (QED) is 0.615. The average Bonchev–Trinajstić information content (AvgIpc) is 2.83. The van der Waals surface area contributed by atoms with E-state index in [-0.39, 0.29) is 0 Å². The van der Waals surface area contributed by atoms with E-state index in [1.54, 1.807) is 11.3 Å². The Hall–Kier alpha value is -1.68. The van der Waals surface area contributed by atoms with Crippen LogP contribution in [0.5, 0.6) is 0 Å². The molecule has 1 aromatic carbocycles. The third-order valence-corrected chi connectivity index (χ3v) is 3.29. The van der Waals surface area contributed by atoms with Crippen LogP contribution in [0.15, 0.2) is 36.2 Å². The summed E-state index contributed by atoms with van der Waals surface area (Å²) in [6.07, 6.45) is 1.83. The molecule has 0 aliphatic rings. The fourth-order valence-electron chi connectivity index (χ4n) is 1.77. The third-order valence-electron chi connectivity index (χ3n) is 2.41. The largest absolute Gasteiger partial charge is 0.240 e. The number of hydrogen-bond donors (Lipinski definition) is 0. The standard InChI is InChI=1S/C11H9N3S/c1-2-6-14-11-8-5-7-15-10(8)4-3-9(11)12-13-14/h2-5,7H,1,6H2. The van der Waals surface area contributed by atoms with Gasteiger partial charge in [0, 0.05) is 10.1 Å². The van der Waals surface area contributed by atoms with E-state index in [0.29, 0.717) is 6.54 Å².